The Balaban J connectivity index is 1.35. The van der Waals surface area contributed by atoms with E-state index >= 15 is 0 Å². The molecule has 0 saturated carbocycles. The Morgan fingerprint density at radius 2 is 1.65 bits per heavy atom. The number of rotatable bonds is 11. The molecule has 0 aliphatic carbocycles. The molecule has 7 nitrogen and oxygen atoms in total. The standard InChI is InChI=1S/C30H31N3O4/c1-4-35-28-20-23(14-16-27(28)37-19-18-36-24-10-6-5-7-11-24)15-17-30(34)33(3)21-29-31-22(2)25-12-8-9-13-26(25)32-29/h5-17,20H,4,18-19,21H2,1-3H3/b17-15+. The summed E-state index contributed by atoms with van der Waals surface area (Å²) in [5, 5.41) is 1.02. The molecule has 0 unspecified atom stereocenters. The van der Waals surface area contributed by atoms with Gasteiger partial charge in [-0.1, -0.05) is 42.5 Å². The smallest absolute Gasteiger partial charge is 0.246 e. The monoisotopic (exact) mass is 497 g/mol. The molecule has 0 radical (unpaired) electrons. The minimum absolute atomic E-state index is 0.147. The lowest BCUT2D eigenvalue weighted by Crippen LogP contribution is -2.25. The lowest BCUT2D eigenvalue weighted by atomic mass is 10.2. The summed E-state index contributed by atoms with van der Waals surface area (Å²) in [5.41, 5.74) is 2.60. The summed E-state index contributed by atoms with van der Waals surface area (Å²) < 4.78 is 17.3. The zero-order valence-corrected chi connectivity index (χ0v) is 21.4. The fraction of sp³-hybridized carbons (Fsp3) is 0.233. The number of aromatic nitrogens is 2. The minimum atomic E-state index is -0.147. The molecule has 0 N–H and O–H groups in total. The van der Waals surface area contributed by atoms with Crippen LogP contribution >= 0.6 is 0 Å². The molecule has 1 aromatic heterocycles. The number of aryl methyl sites for hydroxylation is 1. The van der Waals surface area contributed by atoms with E-state index in [1.54, 1.807) is 18.0 Å². The first-order chi connectivity index (χ1) is 18.0. The molecule has 1 heterocycles. The van der Waals surface area contributed by atoms with Crippen LogP contribution in [0.25, 0.3) is 17.0 Å². The third kappa shape index (κ3) is 7.07. The average Bonchev–Trinajstić information content (AvgIpc) is 2.91. The highest BCUT2D eigenvalue weighted by molar-refractivity contribution is 5.91. The van der Waals surface area contributed by atoms with Gasteiger partial charge in [-0.3, -0.25) is 4.79 Å². The Labute approximate surface area is 217 Å². The normalized spacial score (nSPS) is 11.0. The Morgan fingerprint density at radius 1 is 0.892 bits per heavy atom. The molecular weight excluding hydrogens is 466 g/mol. The van der Waals surface area contributed by atoms with Gasteiger partial charge in [-0.05, 0) is 55.8 Å². The zero-order valence-electron chi connectivity index (χ0n) is 21.4. The maximum atomic E-state index is 12.8. The molecule has 190 valence electrons. The van der Waals surface area contributed by atoms with Gasteiger partial charge in [0.05, 0.1) is 18.7 Å². The van der Waals surface area contributed by atoms with Gasteiger partial charge in [-0.15, -0.1) is 0 Å². The molecule has 0 atom stereocenters. The Kier molecular flexibility index (Phi) is 8.70. The van der Waals surface area contributed by atoms with Gasteiger partial charge in [0.1, 0.15) is 24.8 Å². The number of amides is 1. The second-order valence-electron chi connectivity index (χ2n) is 8.42. The summed E-state index contributed by atoms with van der Waals surface area (Å²) in [7, 11) is 1.74. The van der Waals surface area contributed by atoms with Crippen LogP contribution in [0.1, 0.15) is 24.0 Å². The fourth-order valence-corrected chi connectivity index (χ4v) is 3.79. The topological polar surface area (TPSA) is 73.8 Å². The largest absolute Gasteiger partial charge is 0.490 e. The highest BCUT2D eigenvalue weighted by Gasteiger charge is 2.11. The number of hydrogen-bond donors (Lipinski definition) is 0. The SMILES string of the molecule is CCOc1cc(/C=C/C(=O)N(C)Cc2nc(C)c3ccccc3n2)ccc1OCCOc1ccccc1. The highest BCUT2D eigenvalue weighted by atomic mass is 16.5. The first kappa shape index (κ1) is 25.7. The van der Waals surface area contributed by atoms with E-state index in [9.17, 15) is 4.79 Å². The second kappa shape index (κ2) is 12.5. The quantitative estimate of drug-likeness (QED) is 0.202. The van der Waals surface area contributed by atoms with Gasteiger partial charge < -0.3 is 19.1 Å². The summed E-state index contributed by atoms with van der Waals surface area (Å²) in [6, 6.07) is 23.1. The molecule has 0 aliphatic heterocycles. The van der Waals surface area contributed by atoms with Crippen LogP contribution in [0, 0.1) is 6.92 Å². The molecule has 1 amide bonds. The van der Waals surface area contributed by atoms with Crippen molar-refractivity contribution in [3.63, 3.8) is 0 Å². The van der Waals surface area contributed by atoms with Crippen molar-refractivity contribution in [2.24, 2.45) is 0 Å². The molecule has 7 heteroatoms. The maximum Gasteiger partial charge on any atom is 0.246 e. The summed E-state index contributed by atoms with van der Waals surface area (Å²) >= 11 is 0. The van der Waals surface area contributed by atoms with Crippen molar-refractivity contribution in [1.29, 1.82) is 0 Å². The van der Waals surface area contributed by atoms with E-state index in [4.69, 9.17) is 14.2 Å². The molecular formula is C30H31N3O4. The molecule has 0 fully saturated rings. The number of carbonyl (C=O) groups is 1. The van der Waals surface area contributed by atoms with E-state index in [0.717, 1.165) is 27.9 Å². The molecule has 4 aromatic rings. The van der Waals surface area contributed by atoms with E-state index < -0.39 is 0 Å². The van der Waals surface area contributed by atoms with Crippen LogP contribution in [0.2, 0.25) is 0 Å². The number of likely N-dealkylation sites (N-methyl/N-ethyl adjacent to an activating group) is 1. The predicted molar refractivity (Wildman–Crippen MR) is 145 cm³/mol. The van der Waals surface area contributed by atoms with Crippen LogP contribution in [-0.4, -0.2) is 47.6 Å². The third-order valence-electron chi connectivity index (χ3n) is 5.63. The molecule has 0 spiro atoms. The first-order valence-corrected chi connectivity index (χ1v) is 12.3. The van der Waals surface area contributed by atoms with E-state index in [1.165, 1.54) is 6.08 Å². The van der Waals surface area contributed by atoms with Crippen LogP contribution in [0.3, 0.4) is 0 Å². The van der Waals surface area contributed by atoms with Crippen molar-refractivity contribution < 1.29 is 19.0 Å². The van der Waals surface area contributed by atoms with E-state index in [2.05, 4.69) is 9.97 Å². The number of ether oxygens (including phenoxy) is 3. The number of nitrogens with zero attached hydrogens (tertiary/aromatic N) is 3. The molecule has 0 saturated heterocycles. The van der Waals surface area contributed by atoms with Crippen molar-refractivity contribution in [1.82, 2.24) is 14.9 Å². The molecule has 37 heavy (non-hydrogen) atoms. The summed E-state index contributed by atoms with van der Waals surface area (Å²) in [5.74, 6) is 2.50. The number of hydrogen-bond acceptors (Lipinski definition) is 6. The van der Waals surface area contributed by atoms with Crippen molar-refractivity contribution in [2.75, 3.05) is 26.9 Å². The summed E-state index contributed by atoms with van der Waals surface area (Å²) in [6.45, 7) is 5.48. The van der Waals surface area contributed by atoms with Gasteiger partial charge in [0, 0.05) is 24.2 Å². The van der Waals surface area contributed by atoms with E-state index in [-0.39, 0.29) is 5.91 Å². The Morgan fingerprint density at radius 3 is 2.46 bits per heavy atom. The fourth-order valence-electron chi connectivity index (χ4n) is 3.79. The Hall–Kier alpha value is -4.39. The Bertz CT molecular complexity index is 1370. The van der Waals surface area contributed by atoms with Gasteiger partial charge >= 0.3 is 0 Å². The van der Waals surface area contributed by atoms with Crippen molar-refractivity contribution in [3.8, 4) is 17.2 Å². The van der Waals surface area contributed by atoms with Crippen LogP contribution in [0.5, 0.6) is 17.2 Å². The predicted octanol–water partition coefficient (Wildman–Crippen LogP) is 5.47. The van der Waals surface area contributed by atoms with Crippen molar-refractivity contribution in [3.05, 3.63) is 96.0 Å². The van der Waals surface area contributed by atoms with Gasteiger partial charge in [0.15, 0.2) is 11.5 Å². The highest BCUT2D eigenvalue weighted by Crippen LogP contribution is 2.29. The molecule has 4 rings (SSSR count). The average molecular weight is 498 g/mol. The minimum Gasteiger partial charge on any atom is -0.490 e. The van der Waals surface area contributed by atoms with Crippen LogP contribution in [0.4, 0.5) is 0 Å². The van der Waals surface area contributed by atoms with Crippen LogP contribution in [-0.2, 0) is 11.3 Å². The van der Waals surface area contributed by atoms with Crippen molar-refractivity contribution >= 4 is 22.9 Å². The van der Waals surface area contributed by atoms with E-state index in [1.807, 2.05) is 86.6 Å². The molecule has 3 aromatic carbocycles. The van der Waals surface area contributed by atoms with E-state index in [0.29, 0.717) is 43.7 Å². The lowest BCUT2D eigenvalue weighted by Gasteiger charge is -2.15. The number of carbonyl (C=O) groups excluding carboxylic acids is 1. The van der Waals surface area contributed by atoms with Crippen LogP contribution in [0.15, 0.2) is 78.9 Å². The van der Waals surface area contributed by atoms with Gasteiger partial charge in [-0.25, -0.2) is 9.97 Å². The summed E-state index contributed by atoms with van der Waals surface area (Å²) in [6.07, 6.45) is 3.29. The maximum absolute atomic E-state index is 12.8. The number of fused-ring (bicyclic) bond motifs is 1. The molecule has 0 bridgehead atoms. The third-order valence-corrected chi connectivity index (χ3v) is 5.63. The van der Waals surface area contributed by atoms with Gasteiger partial charge in [0.2, 0.25) is 5.91 Å². The van der Waals surface area contributed by atoms with Gasteiger partial charge in [0.25, 0.3) is 0 Å². The molecule has 0 aliphatic rings. The first-order valence-electron chi connectivity index (χ1n) is 12.3. The summed E-state index contributed by atoms with van der Waals surface area (Å²) in [4.78, 5) is 23.5. The van der Waals surface area contributed by atoms with Crippen molar-refractivity contribution in [2.45, 2.75) is 20.4 Å². The second-order valence-corrected chi connectivity index (χ2v) is 8.42. The van der Waals surface area contributed by atoms with Crippen LogP contribution < -0.4 is 14.2 Å². The zero-order chi connectivity index (χ0) is 26.0. The number of benzene rings is 3. The van der Waals surface area contributed by atoms with Gasteiger partial charge in [-0.2, -0.15) is 0 Å². The number of para-hydroxylation sites is 2. The lowest BCUT2D eigenvalue weighted by molar-refractivity contribution is -0.125.